The van der Waals surface area contributed by atoms with Gasteiger partial charge in [0.25, 0.3) is 0 Å². The van der Waals surface area contributed by atoms with Crippen molar-refractivity contribution in [1.29, 1.82) is 0 Å². The fourth-order valence-electron chi connectivity index (χ4n) is 1.03. The minimum Gasteiger partial charge on any atom is -0.466 e. The van der Waals surface area contributed by atoms with E-state index >= 15 is 0 Å². The average Bonchev–Trinajstić information content (AvgIpc) is 2.63. The van der Waals surface area contributed by atoms with Crippen molar-refractivity contribution < 1.29 is 14.1 Å². The summed E-state index contributed by atoms with van der Waals surface area (Å²) in [5.74, 6) is 0.411. The van der Waals surface area contributed by atoms with Gasteiger partial charge in [-0.15, -0.1) is 0 Å². The first kappa shape index (κ1) is 10.7. The summed E-state index contributed by atoms with van der Waals surface area (Å²) >= 11 is 0. The Kier molecular flexibility index (Phi) is 4.12. The van der Waals surface area contributed by atoms with E-state index in [4.69, 9.17) is 15.0 Å². The number of aromatic nitrogens is 1. The molecule has 1 heterocycles. The highest BCUT2D eigenvalue weighted by molar-refractivity contribution is 5.69. The standard InChI is InChI=1S/C9H14N2O3/c1-2-13-9(12)4-3-7-5-8(6-10)14-11-7/h5H,2-4,6,10H2,1H3. The fourth-order valence-corrected chi connectivity index (χ4v) is 1.03. The van der Waals surface area contributed by atoms with Crippen LogP contribution in [0.25, 0.3) is 0 Å². The molecule has 2 N–H and O–H groups in total. The molecule has 0 bridgehead atoms. The molecule has 78 valence electrons. The number of aryl methyl sites for hydroxylation is 1. The van der Waals surface area contributed by atoms with E-state index in [1.165, 1.54) is 0 Å². The van der Waals surface area contributed by atoms with Gasteiger partial charge in [0.15, 0.2) is 5.76 Å². The van der Waals surface area contributed by atoms with E-state index in [0.29, 0.717) is 31.8 Å². The van der Waals surface area contributed by atoms with E-state index < -0.39 is 0 Å². The lowest BCUT2D eigenvalue weighted by Gasteiger charge is -1.98. The number of hydrogen-bond acceptors (Lipinski definition) is 5. The maximum Gasteiger partial charge on any atom is 0.306 e. The van der Waals surface area contributed by atoms with E-state index in [0.717, 1.165) is 5.69 Å². The molecule has 0 radical (unpaired) electrons. The Labute approximate surface area is 82.2 Å². The van der Waals surface area contributed by atoms with Crippen molar-refractivity contribution >= 4 is 5.97 Å². The van der Waals surface area contributed by atoms with Crippen LogP contribution in [0.5, 0.6) is 0 Å². The van der Waals surface area contributed by atoms with Crippen LogP contribution in [-0.4, -0.2) is 17.7 Å². The molecule has 0 aliphatic rings. The summed E-state index contributed by atoms with van der Waals surface area (Å²) in [4.78, 5) is 11.0. The predicted octanol–water partition coefficient (Wildman–Crippen LogP) is 0.629. The smallest absolute Gasteiger partial charge is 0.306 e. The second-order valence-corrected chi connectivity index (χ2v) is 2.79. The van der Waals surface area contributed by atoms with Crippen molar-refractivity contribution in [2.45, 2.75) is 26.3 Å². The Bertz CT molecular complexity index is 296. The van der Waals surface area contributed by atoms with Crippen LogP contribution in [0, 0.1) is 0 Å². The van der Waals surface area contributed by atoms with E-state index in [-0.39, 0.29) is 5.97 Å². The van der Waals surface area contributed by atoms with Crippen LogP contribution in [0.4, 0.5) is 0 Å². The number of esters is 1. The summed E-state index contributed by atoms with van der Waals surface area (Å²) in [5.41, 5.74) is 6.08. The van der Waals surface area contributed by atoms with Crippen molar-refractivity contribution in [3.63, 3.8) is 0 Å². The summed E-state index contributed by atoms with van der Waals surface area (Å²) < 4.78 is 9.65. The zero-order valence-corrected chi connectivity index (χ0v) is 8.16. The summed E-state index contributed by atoms with van der Waals surface area (Å²) in [6, 6.07) is 1.75. The second kappa shape index (κ2) is 5.39. The number of carbonyl (C=O) groups is 1. The van der Waals surface area contributed by atoms with Gasteiger partial charge in [0.1, 0.15) is 0 Å². The number of rotatable bonds is 5. The van der Waals surface area contributed by atoms with Gasteiger partial charge in [-0.3, -0.25) is 4.79 Å². The first-order chi connectivity index (χ1) is 6.76. The molecular weight excluding hydrogens is 184 g/mol. The van der Waals surface area contributed by atoms with E-state index in [2.05, 4.69) is 5.16 Å². The maximum atomic E-state index is 11.0. The lowest BCUT2D eigenvalue weighted by molar-refractivity contribution is -0.143. The van der Waals surface area contributed by atoms with Crippen LogP contribution in [0.1, 0.15) is 24.8 Å². The Morgan fingerprint density at radius 2 is 2.50 bits per heavy atom. The SMILES string of the molecule is CCOC(=O)CCc1cc(CN)on1. The molecule has 0 atom stereocenters. The van der Waals surface area contributed by atoms with Crippen LogP contribution in [0.3, 0.4) is 0 Å². The molecule has 0 unspecified atom stereocenters. The summed E-state index contributed by atoms with van der Waals surface area (Å²) in [6.07, 6.45) is 0.854. The van der Waals surface area contributed by atoms with Crippen LogP contribution in [-0.2, 0) is 22.5 Å². The molecule has 14 heavy (non-hydrogen) atoms. The third kappa shape index (κ3) is 3.18. The Balaban J connectivity index is 2.34. The molecule has 1 aromatic rings. The van der Waals surface area contributed by atoms with Crippen LogP contribution in [0.15, 0.2) is 10.6 Å². The number of nitrogens with zero attached hydrogens (tertiary/aromatic N) is 1. The van der Waals surface area contributed by atoms with Gasteiger partial charge in [-0.05, 0) is 6.92 Å². The summed E-state index contributed by atoms with van der Waals surface area (Å²) in [5, 5.41) is 3.76. The van der Waals surface area contributed by atoms with E-state index in [1.807, 2.05) is 0 Å². The molecule has 5 heteroatoms. The van der Waals surface area contributed by atoms with Crippen molar-refractivity contribution in [2.75, 3.05) is 6.61 Å². The van der Waals surface area contributed by atoms with Gasteiger partial charge in [-0.25, -0.2) is 0 Å². The normalized spacial score (nSPS) is 10.1. The molecule has 0 amide bonds. The lowest BCUT2D eigenvalue weighted by Crippen LogP contribution is -2.05. The molecule has 0 fully saturated rings. The predicted molar refractivity (Wildman–Crippen MR) is 49.3 cm³/mol. The van der Waals surface area contributed by atoms with Gasteiger partial charge >= 0.3 is 5.97 Å². The number of carbonyl (C=O) groups excluding carboxylic acids is 1. The highest BCUT2D eigenvalue weighted by atomic mass is 16.5. The maximum absolute atomic E-state index is 11.0. The van der Waals surface area contributed by atoms with Crippen LogP contribution in [0.2, 0.25) is 0 Å². The van der Waals surface area contributed by atoms with Crippen molar-refractivity contribution in [2.24, 2.45) is 5.73 Å². The number of nitrogens with two attached hydrogens (primary N) is 1. The Morgan fingerprint density at radius 3 is 3.07 bits per heavy atom. The molecule has 0 spiro atoms. The summed E-state index contributed by atoms with van der Waals surface area (Å²) in [6.45, 7) is 2.51. The minimum atomic E-state index is -0.218. The first-order valence-corrected chi connectivity index (χ1v) is 4.56. The van der Waals surface area contributed by atoms with E-state index in [1.54, 1.807) is 13.0 Å². The van der Waals surface area contributed by atoms with Crippen LogP contribution < -0.4 is 5.73 Å². The third-order valence-corrected chi connectivity index (χ3v) is 1.70. The minimum absolute atomic E-state index is 0.218. The quantitative estimate of drug-likeness (QED) is 0.702. The Morgan fingerprint density at radius 1 is 1.71 bits per heavy atom. The zero-order chi connectivity index (χ0) is 10.4. The van der Waals surface area contributed by atoms with Gasteiger partial charge in [0.2, 0.25) is 0 Å². The van der Waals surface area contributed by atoms with Crippen LogP contribution >= 0.6 is 0 Å². The molecule has 0 aromatic carbocycles. The molecule has 5 nitrogen and oxygen atoms in total. The number of hydrogen-bond donors (Lipinski definition) is 1. The first-order valence-electron chi connectivity index (χ1n) is 4.56. The largest absolute Gasteiger partial charge is 0.466 e. The van der Waals surface area contributed by atoms with Gasteiger partial charge in [-0.1, -0.05) is 5.16 Å². The molecule has 1 aromatic heterocycles. The molecular formula is C9H14N2O3. The van der Waals surface area contributed by atoms with Gasteiger partial charge in [0, 0.05) is 12.5 Å². The van der Waals surface area contributed by atoms with Crippen molar-refractivity contribution in [1.82, 2.24) is 5.16 Å². The second-order valence-electron chi connectivity index (χ2n) is 2.79. The third-order valence-electron chi connectivity index (χ3n) is 1.70. The topological polar surface area (TPSA) is 78.4 Å². The van der Waals surface area contributed by atoms with Gasteiger partial charge in [0.05, 0.1) is 25.3 Å². The molecule has 1 rings (SSSR count). The molecule has 0 saturated heterocycles. The lowest BCUT2D eigenvalue weighted by atomic mass is 10.2. The summed E-state index contributed by atoms with van der Waals surface area (Å²) in [7, 11) is 0. The van der Waals surface area contributed by atoms with Gasteiger partial charge < -0.3 is 15.0 Å². The average molecular weight is 198 g/mol. The highest BCUT2D eigenvalue weighted by Gasteiger charge is 2.06. The monoisotopic (exact) mass is 198 g/mol. The van der Waals surface area contributed by atoms with Crippen molar-refractivity contribution in [3.8, 4) is 0 Å². The Hall–Kier alpha value is -1.36. The van der Waals surface area contributed by atoms with Gasteiger partial charge in [-0.2, -0.15) is 0 Å². The van der Waals surface area contributed by atoms with Crippen molar-refractivity contribution in [3.05, 3.63) is 17.5 Å². The molecule has 0 aliphatic carbocycles. The number of ether oxygens (including phenoxy) is 1. The molecule has 0 saturated carbocycles. The van der Waals surface area contributed by atoms with E-state index in [9.17, 15) is 4.79 Å². The highest BCUT2D eigenvalue weighted by Crippen LogP contribution is 2.05. The molecule has 0 aliphatic heterocycles. The zero-order valence-electron chi connectivity index (χ0n) is 8.16. The fraction of sp³-hybridized carbons (Fsp3) is 0.556.